The molecule has 0 aromatic carbocycles. The van der Waals surface area contributed by atoms with Crippen LogP contribution in [0.2, 0.25) is 0 Å². The Hall–Kier alpha value is -1.99. The van der Waals surface area contributed by atoms with Crippen molar-refractivity contribution in [2.24, 2.45) is 0 Å². The molecule has 0 aliphatic heterocycles. The number of carbonyl (C=O) groups is 1. The highest BCUT2D eigenvalue weighted by molar-refractivity contribution is 7.10. The minimum atomic E-state index is -0.0892. The number of nitrogens with zero attached hydrogens (tertiary/aromatic N) is 2. The Morgan fingerprint density at radius 2 is 2.22 bits per heavy atom. The third-order valence-electron chi connectivity index (χ3n) is 3.69. The van der Waals surface area contributed by atoms with Crippen molar-refractivity contribution < 1.29 is 4.79 Å². The van der Waals surface area contributed by atoms with Gasteiger partial charge in [-0.25, -0.2) is 4.98 Å². The fourth-order valence-corrected chi connectivity index (χ4v) is 3.92. The molecular formula is C16H18N4OS2. The van der Waals surface area contributed by atoms with Crippen LogP contribution >= 0.6 is 22.7 Å². The fraction of sp³-hybridized carbons (Fsp3) is 0.312. The molecule has 1 atom stereocenters. The number of hydrogen-bond donors (Lipinski definition) is 2. The van der Waals surface area contributed by atoms with E-state index in [-0.39, 0.29) is 11.9 Å². The van der Waals surface area contributed by atoms with Crippen LogP contribution in [0.25, 0.3) is 0 Å². The summed E-state index contributed by atoms with van der Waals surface area (Å²) in [5.74, 6) is -0.00523. The average molecular weight is 346 g/mol. The fourth-order valence-electron chi connectivity index (χ4n) is 2.48. The number of aromatic amines is 1. The van der Waals surface area contributed by atoms with Gasteiger partial charge in [-0.15, -0.1) is 22.7 Å². The molecule has 3 rings (SSSR count). The van der Waals surface area contributed by atoms with Crippen LogP contribution in [-0.4, -0.2) is 21.1 Å². The quantitative estimate of drug-likeness (QED) is 0.720. The van der Waals surface area contributed by atoms with Gasteiger partial charge >= 0.3 is 0 Å². The molecule has 7 heteroatoms. The van der Waals surface area contributed by atoms with Gasteiger partial charge in [0.15, 0.2) is 0 Å². The van der Waals surface area contributed by atoms with Gasteiger partial charge in [-0.3, -0.25) is 9.89 Å². The van der Waals surface area contributed by atoms with Gasteiger partial charge in [0.1, 0.15) is 5.01 Å². The Morgan fingerprint density at radius 3 is 2.83 bits per heavy atom. The minimum absolute atomic E-state index is 0.00523. The van der Waals surface area contributed by atoms with E-state index in [0.29, 0.717) is 6.42 Å². The normalized spacial score (nSPS) is 12.3. The zero-order valence-electron chi connectivity index (χ0n) is 13.0. The zero-order chi connectivity index (χ0) is 16.2. The topological polar surface area (TPSA) is 70.7 Å². The number of H-pyrrole nitrogens is 1. The zero-order valence-corrected chi connectivity index (χ0v) is 14.6. The van der Waals surface area contributed by atoms with E-state index in [1.807, 2.05) is 30.7 Å². The molecule has 0 aliphatic carbocycles. The van der Waals surface area contributed by atoms with Crippen LogP contribution in [0.15, 0.2) is 29.1 Å². The number of carbonyl (C=O) groups excluding carboxylic acids is 1. The summed E-state index contributed by atoms with van der Waals surface area (Å²) in [5, 5.41) is 15.1. The van der Waals surface area contributed by atoms with Gasteiger partial charge in [-0.2, -0.15) is 5.10 Å². The number of thiazole rings is 1. The Labute approximate surface area is 142 Å². The molecule has 2 N–H and O–H groups in total. The number of amides is 1. The van der Waals surface area contributed by atoms with Crippen molar-refractivity contribution >= 4 is 28.6 Å². The van der Waals surface area contributed by atoms with Gasteiger partial charge in [0, 0.05) is 34.1 Å². The predicted octanol–water partition coefficient (Wildman–Crippen LogP) is 3.19. The van der Waals surface area contributed by atoms with Gasteiger partial charge < -0.3 is 5.32 Å². The number of aromatic nitrogens is 3. The summed E-state index contributed by atoms with van der Waals surface area (Å²) < 4.78 is 0. The van der Waals surface area contributed by atoms with Crippen molar-refractivity contribution in [2.45, 2.75) is 32.7 Å². The second kappa shape index (κ2) is 7.06. The average Bonchev–Trinajstić information content (AvgIpc) is 3.25. The molecule has 1 amide bonds. The van der Waals surface area contributed by atoms with E-state index in [1.165, 1.54) is 4.88 Å². The van der Waals surface area contributed by atoms with Crippen LogP contribution in [0.1, 0.15) is 32.9 Å². The van der Waals surface area contributed by atoms with E-state index < -0.39 is 0 Å². The van der Waals surface area contributed by atoms with Gasteiger partial charge in [-0.05, 0) is 25.3 Å². The minimum Gasteiger partial charge on any atom is -0.346 e. The highest BCUT2D eigenvalue weighted by Crippen LogP contribution is 2.23. The molecule has 3 heterocycles. The molecule has 0 aliphatic rings. The standard InChI is InChI=1S/C16H18N4OS2/c1-10-13(11(2)20-19-10)9-15(21)18-14(16-17-5-7-23-16)8-12-4-3-6-22-12/h3-7,14H,8-9H2,1-2H3,(H,18,21)(H,19,20)/t14-/m0/s1. The summed E-state index contributed by atoms with van der Waals surface area (Å²) in [6.45, 7) is 3.85. The maximum atomic E-state index is 12.5. The van der Waals surface area contributed by atoms with E-state index in [9.17, 15) is 4.79 Å². The Balaban J connectivity index is 1.72. The second-order valence-corrected chi connectivity index (χ2v) is 7.32. The lowest BCUT2D eigenvalue weighted by atomic mass is 10.1. The number of thiophene rings is 1. The Bertz CT molecular complexity index is 743. The first-order valence-electron chi connectivity index (χ1n) is 7.35. The Kier molecular flexibility index (Phi) is 4.88. The summed E-state index contributed by atoms with van der Waals surface area (Å²) >= 11 is 3.27. The van der Waals surface area contributed by atoms with E-state index in [4.69, 9.17) is 0 Å². The summed E-state index contributed by atoms with van der Waals surface area (Å²) in [6, 6.07) is 4.02. The van der Waals surface area contributed by atoms with Gasteiger partial charge in [0.2, 0.25) is 5.91 Å². The lowest BCUT2D eigenvalue weighted by Gasteiger charge is -2.16. The third-order valence-corrected chi connectivity index (χ3v) is 5.48. The summed E-state index contributed by atoms with van der Waals surface area (Å²) in [5.41, 5.74) is 2.79. The molecule has 3 aromatic heterocycles. The first kappa shape index (κ1) is 15.9. The van der Waals surface area contributed by atoms with Crippen LogP contribution in [-0.2, 0) is 17.6 Å². The first-order valence-corrected chi connectivity index (χ1v) is 9.11. The molecule has 0 fully saturated rings. The molecule has 23 heavy (non-hydrogen) atoms. The van der Waals surface area contributed by atoms with E-state index in [0.717, 1.165) is 28.4 Å². The van der Waals surface area contributed by atoms with Crippen molar-refractivity contribution in [1.29, 1.82) is 0 Å². The van der Waals surface area contributed by atoms with Gasteiger partial charge in [-0.1, -0.05) is 6.07 Å². The number of hydrogen-bond acceptors (Lipinski definition) is 5. The first-order chi connectivity index (χ1) is 11.1. The maximum absolute atomic E-state index is 12.5. The Morgan fingerprint density at radius 1 is 1.35 bits per heavy atom. The van der Waals surface area contributed by atoms with Crippen molar-refractivity contribution in [1.82, 2.24) is 20.5 Å². The lowest BCUT2D eigenvalue weighted by Crippen LogP contribution is -2.31. The van der Waals surface area contributed by atoms with Crippen molar-refractivity contribution in [3.63, 3.8) is 0 Å². The molecular weight excluding hydrogens is 328 g/mol. The van der Waals surface area contributed by atoms with Crippen molar-refractivity contribution in [2.75, 3.05) is 0 Å². The van der Waals surface area contributed by atoms with Crippen LogP contribution in [0.3, 0.4) is 0 Å². The summed E-state index contributed by atoms with van der Waals surface area (Å²) in [4.78, 5) is 18.1. The molecule has 0 saturated heterocycles. The molecule has 0 spiro atoms. The smallest absolute Gasteiger partial charge is 0.225 e. The third kappa shape index (κ3) is 3.86. The van der Waals surface area contributed by atoms with Crippen molar-refractivity contribution in [3.05, 3.63) is 55.9 Å². The van der Waals surface area contributed by atoms with Crippen LogP contribution in [0.5, 0.6) is 0 Å². The van der Waals surface area contributed by atoms with Crippen LogP contribution in [0.4, 0.5) is 0 Å². The SMILES string of the molecule is Cc1n[nH]c(C)c1CC(=O)N[C@@H](Cc1cccs1)c1nccs1. The molecule has 120 valence electrons. The predicted molar refractivity (Wildman–Crippen MR) is 92.8 cm³/mol. The molecule has 0 saturated carbocycles. The maximum Gasteiger partial charge on any atom is 0.225 e. The van der Waals surface area contributed by atoms with E-state index in [2.05, 4.69) is 26.6 Å². The van der Waals surface area contributed by atoms with E-state index >= 15 is 0 Å². The number of rotatable bonds is 6. The van der Waals surface area contributed by atoms with Crippen LogP contribution in [0, 0.1) is 13.8 Å². The second-order valence-electron chi connectivity index (χ2n) is 5.36. The van der Waals surface area contributed by atoms with Gasteiger partial charge in [0.05, 0.1) is 18.2 Å². The molecule has 0 unspecified atom stereocenters. The highest BCUT2D eigenvalue weighted by atomic mass is 32.1. The lowest BCUT2D eigenvalue weighted by molar-refractivity contribution is -0.121. The molecule has 0 radical (unpaired) electrons. The van der Waals surface area contributed by atoms with Crippen molar-refractivity contribution in [3.8, 4) is 0 Å². The molecule has 5 nitrogen and oxygen atoms in total. The largest absolute Gasteiger partial charge is 0.346 e. The van der Waals surface area contributed by atoms with E-state index in [1.54, 1.807) is 28.9 Å². The highest BCUT2D eigenvalue weighted by Gasteiger charge is 2.20. The summed E-state index contributed by atoms with van der Waals surface area (Å²) in [7, 11) is 0. The number of nitrogens with one attached hydrogen (secondary N) is 2. The monoisotopic (exact) mass is 346 g/mol. The summed E-state index contributed by atoms with van der Waals surface area (Å²) in [6.07, 6.45) is 2.87. The molecule has 0 bridgehead atoms. The number of aryl methyl sites for hydroxylation is 2. The van der Waals surface area contributed by atoms with Gasteiger partial charge in [0.25, 0.3) is 0 Å². The van der Waals surface area contributed by atoms with Crippen LogP contribution < -0.4 is 5.32 Å². The molecule has 3 aromatic rings.